The van der Waals surface area contributed by atoms with Gasteiger partial charge in [0.1, 0.15) is 22.3 Å². The zero-order chi connectivity index (χ0) is 31.6. The maximum Gasteiger partial charge on any atom is 0.143 e. The molecule has 7 aromatic carbocycles. The van der Waals surface area contributed by atoms with Gasteiger partial charge in [-0.2, -0.15) is 0 Å². The molecule has 0 saturated carbocycles. The summed E-state index contributed by atoms with van der Waals surface area (Å²) in [5.41, 5.74) is 10.8. The predicted octanol–water partition coefficient (Wildman–Crippen LogP) is 12.5. The third-order valence-corrected chi connectivity index (χ3v) is 10.9. The molecule has 0 radical (unpaired) electrons. The third-order valence-electron chi connectivity index (χ3n) is 9.60. The van der Waals surface area contributed by atoms with Gasteiger partial charge in [-0.1, -0.05) is 140 Å². The van der Waals surface area contributed by atoms with Crippen LogP contribution in [0.4, 0.5) is 0 Å². The molecular weight excluding hydrogens is 607 g/mol. The molecule has 0 saturated heterocycles. The molecule has 1 N–H and O–H groups in total. The van der Waals surface area contributed by atoms with Crippen LogP contribution in [0.1, 0.15) is 11.1 Å². The van der Waals surface area contributed by atoms with Crippen LogP contribution in [-0.4, -0.2) is 0 Å². The van der Waals surface area contributed by atoms with E-state index in [4.69, 9.17) is 8.83 Å². The SMILES string of the molecule is c1ccc(CNCc2cccc3c2oc2c(-c4cccc5c4sc4c(-c6cccc7c6oc6ccccc67)cccc45)cccc23)cc1. The quantitative estimate of drug-likeness (QED) is 0.198. The fourth-order valence-electron chi connectivity index (χ4n) is 7.37. The van der Waals surface area contributed by atoms with Crippen LogP contribution in [0.15, 0.2) is 154 Å². The zero-order valence-corrected chi connectivity index (χ0v) is 26.8. The van der Waals surface area contributed by atoms with Crippen molar-refractivity contribution in [2.24, 2.45) is 0 Å². The van der Waals surface area contributed by atoms with Crippen LogP contribution in [0, 0.1) is 0 Å². The van der Waals surface area contributed by atoms with Crippen LogP contribution < -0.4 is 5.32 Å². The summed E-state index contributed by atoms with van der Waals surface area (Å²) in [5.74, 6) is 0. The highest BCUT2D eigenvalue weighted by atomic mass is 32.1. The second-order valence-corrected chi connectivity index (χ2v) is 13.4. The molecule has 48 heavy (non-hydrogen) atoms. The van der Waals surface area contributed by atoms with Gasteiger partial charge in [0, 0.05) is 82.6 Å². The van der Waals surface area contributed by atoms with E-state index in [-0.39, 0.29) is 0 Å². The van der Waals surface area contributed by atoms with Gasteiger partial charge in [-0.25, -0.2) is 0 Å². The topological polar surface area (TPSA) is 38.3 Å². The van der Waals surface area contributed by atoms with E-state index < -0.39 is 0 Å². The standard InChI is InChI=1S/C44H29NO2S/c1-2-11-27(12-3-1)25-45-26-28-13-6-15-31-32-17-8-19-34(42(32)47-40(28)31)36-21-10-23-38-37-22-9-20-35(43(37)48-44(36)38)33-18-7-16-30-29-14-4-5-24-39(29)46-41(30)33/h1-24,45H,25-26H2. The van der Waals surface area contributed by atoms with Crippen molar-refractivity contribution in [3.8, 4) is 22.3 Å². The Morgan fingerprint density at radius 1 is 0.396 bits per heavy atom. The molecule has 0 spiro atoms. The molecule has 10 rings (SSSR count). The van der Waals surface area contributed by atoms with Crippen LogP contribution in [-0.2, 0) is 13.1 Å². The second-order valence-electron chi connectivity index (χ2n) is 12.4. The van der Waals surface area contributed by atoms with Gasteiger partial charge in [0.15, 0.2) is 0 Å². The van der Waals surface area contributed by atoms with E-state index in [0.717, 1.165) is 73.7 Å². The Labute approximate surface area is 280 Å². The summed E-state index contributed by atoms with van der Waals surface area (Å²) in [6.07, 6.45) is 0. The van der Waals surface area contributed by atoms with E-state index in [1.54, 1.807) is 0 Å². The largest absolute Gasteiger partial charge is 0.455 e. The fraction of sp³-hybridized carbons (Fsp3) is 0.0455. The summed E-state index contributed by atoms with van der Waals surface area (Å²) in [5, 5.41) is 10.7. The number of rotatable bonds is 6. The Hall–Kier alpha value is -5.68. The van der Waals surface area contributed by atoms with E-state index in [1.807, 2.05) is 23.5 Å². The molecule has 0 atom stereocenters. The summed E-state index contributed by atoms with van der Waals surface area (Å²) in [7, 11) is 0. The van der Waals surface area contributed by atoms with E-state index in [9.17, 15) is 0 Å². The molecule has 0 aliphatic rings. The van der Waals surface area contributed by atoms with Gasteiger partial charge in [-0.3, -0.25) is 0 Å². The average molecular weight is 636 g/mol. The van der Waals surface area contributed by atoms with Gasteiger partial charge >= 0.3 is 0 Å². The average Bonchev–Trinajstić information content (AvgIpc) is 3.84. The third kappa shape index (κ3) is 4.24. The van der Waals surface area contributed by atoms with E-state index in [1.165, 1.54) is 36.9 Å². The molecule has 0 fully saturated rings. The van der Waals surface area contributed by atoms with Gasteiger partial charge < -0.3 is 14.2 Å². The lowest BCUT2D eigenvalue weighted by Gasteiger charge is -2.06. The summed E-state index contributed by atoms with van der Waals surface area (Å²) < 4.78 is 15.8. The van der Waals surface area contributed by atoms with Gasteiger partial charge in [0.05, 0.1) is 0 Å². The zero-order valence-electron chi connectivity index (χ0n) is 26.0. The monoisotopic (exact) mass is 635 g/mol. The van der Waals surface area contributed by atoms with E-state index in [0.29, 0.717) is 0 Å². The van der Waals surface area contributed by atoms with Crippen molar-refractivity contribution in [3.05, 3.63) is 157 Å². The first-order valence-electron chi connectivity index (χ1n) is 16.3. The number of hydrogen-bond acceptors (Lipinski definition) is 4. The maximum atomic E-state index is 6.82. The van der Waals surface area contributed by atoms with Gasteiger partial charge in [0.2, 0.25) is 0 Å². The Morgan fingerprint density at radius 2 is 0.917 bits per heavy atom. The van der Waals surface area contributed by atoms with E-state index in [2.05, 4.69) is 139 Å². The summed E-state index contributed by atoms with van der Waals surface area (Å²) in [6, 6.07) is 51.6. The normalized spacial score (nSPS) is 12.0. The fourth-order valence-corrected chi connectivity index (χ4v) is 8.73. The molecule has 3 heterocycles. The number of fused-ring (bicyclic) bond motifs is 9. The van der Waals surface area contributed by atoms with Crippen molar-refractivity contribution in [3.63, 3.8) is 0 Å². The van der Waals surface area contributed by atoms with Crippen molar-refractivity contribution in [2.75, 3.05) is 0 Å². The smallest absolute Gasteiger partial charge is 0.143 e. The van der Waals surface area contributed by atoms with Crippen molar-refractivity contribution in [1.29, 1.82) is 0 Å². The number of thiophene rings is 1. The summed E-state index contributed by atoms with van der Waals surface area (Å²) in [6.45, 7) is 1.54. The predicted molar refractivity (Wildman–Crippen MR) is 202 cm³/mol. The molecule has 3 aromatic heterocycles. The highest BCUT2D eigenvalue weighted by molar-refractivity contribution is 7.26. The van der Waals surface area contributed by atoms with Crippen molar-refractivity contribution in [1.82, 2.24) is 5.32 Å². The molecule has 0 bridgehead atoms. The first-order valence-corrected chi connectivity index (χ1v) is 17.2. The molecule has 0 aliphatic carbocycles. The highest BCUT2D eigenvalue weighted by Gasteiger charge is 2.20. The van der Waals surface area contributed by atoms with Crippen LogP contribution in [0.5, 0.6) is 0 Å². The minimum atomic E-state index is 0.730. The number of para-hydroxylation sites is 4. The summed E-state index contributed by atoms with van der Waals surface area (Å²) >= 11 is 1.85. The Balaban J connectivity index is 1.12. The Morgan fingerprint density at radius 3 is 1.62 bits per heavy atom. The Bertz CT molecular complexity index is 2820. The maximum absolute atomic E-state index is 6.82. The van der Waals surface area contributed by atoms with Gasteiger partial charge in [-0.05, 0) is 11.6 Å². The van der Waals surface area contributed by atoms with Crippen LogP contribution in [0.2, 0.25) is 0 Å². The van der Waals surface area contributed by atoms with Crippen molar-refractivity contribution < 1.29 is 8.83 Å². The first-order chi connectivity index (χ1) is 23.8. The molecule has 3 nitrogen and oxygen atoms in total. The minimum absolute atomic E-state index is 0.730. The van der Waals surface area contributed by atoms with Crippen LogP contribution in [0.3, 0.4) is 0 Å². The van der Waals surface area contributed by atoms with Crippen LogP contribution in [0.25, 0.3) is 86.3 Å². The minimum Gasteiger partial charge on any atom is -0.455 e. The second kappa shape index (κ2) is 11.0. The summed E-state index contributed by atoms with van der Waals surface area (Å²) in [4.78, 5) is 0. The molecule has 0 amide bonds. The lowest BCUT2D eigenvalue weighted by molar-refractivity contribution is 0.645. The van der Waals surface area contributed by atoms with Gasteiger partial charge in [-0.15, -0.1) is 11.3 Å². The number of furan rings is 2. The molecule has 10 aromatic rings. The molecule has 228 valence electrons. The highest BCUT2D eigenvalue weighted by Crippen LogP contribution is 2.47. The first kappa shape index (κ1) is 27.4. The van der Waals surface area contributed by atoms with E-state index >= 15 is 0 Å². The molecule has 0 unspecified atom stereocenters. The van der Waals surface area contributed by atoms with Crippen molar-refractivity contribution in [2.45, 2.75) is 13.1 Å². The van der Waals surface area contributed by atoms with Crippen molar-refractivity contribution >= 4 is 75.4 Å². The lowest BCUT2D eigenvalue weighted by atomic mass is 9.98. The lowest BCUT2D eigenvalue weighted by Crippen LogP contribution is -2.12. The molecule has 0 aliphatic heterocycles. The van der Waals surface area contributed by atoms with Crippen LogP contribution >= 0.6 is 11.3 Å². The van der Waals surface area contributed by atoms with Gasteiger partial charge in [0.25, 0.3) is 0 Å². The Kier molecular flexibility index (Phi) is 6.26. The number of hydrogen-bond donors (Lipinski definition) is 1. The number of nitrogens with one attached hydrogen (secondary N) is 1. The molecular formula is C44H29NO2S. The number of benzene rings is 7. The molecule has 4 heteroatoms.